The highest BCUT2D eigenvalue weighted by Crippen LogP contribution is 2.12. The van der Waals surface area contributed by atoms with Gasteiger partial charge in [-0.3, -0.25) is 4.79 Å². The quantitative estimate of drug-likeness (QED) is 0.784. The van der Waals surface area contributed by atoms with Crippen LogP contribution in [0.3, 0.4) is 0 Å². The largest absolute Gasteiger partial charge is 0.349 e. The second-order valence-electron chi connectivity index (χ2n) is 3.98. The zero-order chi connectivity index (χ0) is 12.3. The number of aromatic nitrogens is 1. The molecule has 0 spiro atoms. The minimum atomic E-state index is 0.194. The lowest BCUT2D eigenvalue weighted by atomic mass is 10.2. The van der Waals surface area contributed by atoms with E-state index in [9.17, 15) is 4.79 Å². The molecule has 0 saturated carbocycles. The maximum absolute atomic E-state index is 11.5. The predicted molar refractivity (Wildman–Crippen MR) is 72.3 cm³/mol. The molecule has 0 aliphatic carbocycles. The SMILES string of the molecule is CCC(=O)c1ccn(Cc2ccc(Br)cc2)c1. The first-order valence-electron chi connectivity index (χ1n) is 5.62. The van der Waals surface area contributed by atoms with Gasteiger partial charge in [0.2, 0.25) is 0 Å². The van der Waals surface area contributed by atoms with Crippen LogP contribution in [-0.4, -0.2) is 10.4 Å². The average Bonchev–Trinajstić information content (AvgIpc) is 2.80. The fraction of sp³-hybridized carbons (Fsp3) is 0.214. The Morgan fingerprint density at radius 3 is 2.59 bits per heavy atom. The van der Waals surface area contributed by atoms with Crippen LogP contribution in [0, 0.1) is 0 Å². The Hall–Kier alpha value is -1.35. The molecule has 0 fully saturated rings. The average molecular weight is 292 g/mol. The minimum absolute atomic E-state index is 0.194. The standard InChI is InChI=1S/C14H14BrNO/c1-2-14(17)12-7-8-16(10-12)9-11-3-5-13(15)6-4-11/h3-8,10H,2,9H2,1H3. The number of hydrogen-bond acceptors (Lipinski definition) is 1. The first kappa shape index (κ1) is 12.1. The van der Waals surface area contributed by atoms with E-state index in [1.807, 2.05) is 42.1 Å². The third-order valence-electron chi connectivity index (χ3n) is 2.67. The topological polar surface area (TPSA) is 22.0 Å². The van der Waals surface area contributed by atoms with Crippen molar-refractivity contribution in [2.24, 2.45) is 0 Å². The molecule has 0 bridgehead atoms. The van der Waals surface area contributed by atoms with Gasteiger partial charge in [-0.25, -0.2) is 0 Å². The molecule has 3 heteroatoms. The van der Waals surface area contributed by atoms with Gasteiger partial charge in [-0.05, 0) is 23.8 Å². The monoisotopic (exact) mass is 291 g/mol. The van der Waals surface area contributed by atoms with Crippen molar-refractivity contribution in [2.75, 3.05) is 0 Å². The van der Waals surface area contributed by atoms with Gasteiger partial charge in [0.1, 0.15) is 0 Å². The van der Waals surface area contributed by atoms with Crippen molar-refractivity contribution >= 4 is 21.7 Å². The van der Waals surface area contributed by atoms with E-state index in [0.29, 0.717) is 6.42 Å². The second-order valence-corrected chi connectivity index (χ2v) is 4.89. The molecule has 1 heterocycles. The van der Waals surface area contributed by atoms with Crippen LogP contribution in [0.1, 0.15) is 29.3 Å². The number of nitrogens with zero attached hydrogens (tertiary/aromatic N) is 1. The Kier molecular flexibility index (Phi) is 3.79. The van der Waals surface area contributed by atoms with E-state index in [4.69, 9.17) is 0 Å². The van der Waals surface area contributed by atoms with Crippen molar-refractivity contribution in [3.63, 3.8) is 0 Å². The van der Waals surface area contributed by atoms with E-state index in [1.165, 1.54) is 5.56 Å². The Morgan fingerprint density at radius 1 is 1.24 bits per heavy atom. The molecule has 0 atom stereocenters. The molecular weight excluding hydrogens is 278 g/mol. The predicted octanol–water partition coefficient (Wildman–Crippen LogP) is 3.89. The van der Waals surface area contributed by atoms with Crippen LogP contribution >= 0.6 is 15.9 Å². The van der Waals surface area contributed by atoms with Gasteiger partial charge in [-0.15, -0.1) is 0 Å². The number of hydrogen-bond donors (Lipinski definition) is 0. The zero-order valence-corrected chi connectivity index (χ0v) is 11.3. The molecule has 0 saturated heterocycles. The molecule has 0 amide bonds. The highest BCUT2D eigenvalue weighted by Gasteiger charge is 2.04. The van der Waals surface area contributed by atoms with E-state index in [-0.39, 0.29) is 5.78 Å². The Bertz CT molecular complexity index is 513. The Balaban J connectivity index is 2.11. The lowest BCUT2D eigenvalue weighted by Crippen LogP contribution is -1.98. The summed E-state index contributed by atoms with van der Waals surface area (Å²) in [6, 6.07) is 10.1. The molecule has 0 aliphatic rings. The van der Waals surface area contributed by atoms with Crippen molar-refractivity contribution in [1.82, 2.24) is 4.57 Å². The van der Waals surface area contributed by atoms with Crippen molar-refractivity contribution in [3.8, 4) is 0 Å². The van der Waals surface area contributed by atoms with Crippen LogP contribution in [-0.2, 0) is 6.54 Å². The Morgan fingerprint density at radius 2 is 1.94 bits per heavy atom. The van der Waals surface area contributed by atoms with Crippen molar-refractivity contribution in [2.45, 2.75) is 19.9 Å². The molecule has 17 heavy (non-hydrogen) atoms. The third-order valence-corrected chi connectivity index (χ3v) is 3.20. The smallest absolute Gasteiger partial charge is 0.164 e. The van der Waals surface area contributed by atoms with E-state index in [2.05, 4.69) is 28.1 Å². The van der Waals surface area contributed by atoms with Gasteiger partial charge in [-0.1, -0.05) is 35.0 Å². The van der Waals surface area contributed by atoms with Crippen molar-refractivity contribution in [1.29, 1.82) is 0 Å². The summed E-state index contributed by atoms with van der Waals surface area (Å²) in [6.45, 7) is 2.68. The molecular formula is C14H14BrNO. The summed E-state index contributed by atoms with van der Waals surface area (Å²) >= 11 is 3.41. The molecule has 2 aromatic rings. The first-order valence-corrected chi connectivity index (χ1v) is 6.41. The summed E-state index contributed by atoms with van der Waals surface area (Å²) in [5, 5.41) is 0. The van der Waals surface area contributed by atoms with E-state index in [0.717, 1.165) is 16.6 Å². The van der Waals surface area contributed by atoms with Crippen LogP contribution in [0.5, 0.6) is 0 Å². The number of carbonyl (C=O) groups excluding carboxylic acids is 1. The molecule has 1 aromatic heterocycles. The molecule has 0 radical (unpaired) electrons. The van der Waals surface area contributed by atoms with Crippen LogP contribution in [0.2, 0.25) is 0 Å². The van der Waals surface area contributed by atoms with Crippen molar-refractivity contribution < 1.29 is 4.79 Å². The summed E-state index contributed by atoms with van der Waals surface area (Å²) in [7, 11) is 0. The van der Waals surface area contributed by atoms with Crippen LogP contribution in [0.4, 0.5) is 0 Å². The van der Waals surface area contributed by atoms with Crippen molar-refractivity contribution in [3.05, 3.63) is 58.3 Å². The number of benzene rings is 1. The first-order chi connectivity index (χ1) is 8.19. The summed E-state index contributed by atoms with van der Waals surface area (Å²) in [5.74, 6) is 0.194. The molecule has 2 rings (SSSR count). The lowest BCUT2D eigenvalue weighted by Gasteiger charge is -2.03. The molecule has 2 nitrogen and oxygen atoms in total. The van der Waals surface area contributed by atoms with Gasteiger partial charge in [-0.2, -0.15) is 0 Å². The number of ketones is 1. The third kappa shape index (κ3) is 3.07. The second kappa shape index (κ2) is 5.32. The fourth-order valence-electron chi connectivity index (χ4n) is 1.71. The summed E-state index contributed by atoms with van der Waals surface area (Å²) < 4.78 is 3.11. The molecule has 0 N–H and O–H groups in total. The maximum atomic E-state index is 11.5. The number of carbonyl (C=O) groups is 1. The van der Waals surface area contributed by atoms with E-state index >= 15 is 0 Å². The maximum Gasteiger partial charge on any atom is 0.164 e. The summed E-state index contributed by atoms with van der Waals surface area (Å²) in [5.41, 5.74) is 2.02. The van der Waals surface area contributed by atoms with Gasteiger partial charge in [0.05, 0.1) is 0 Å². The Labute approximate surface area is 109 Å². The summed E-state index contributed by atoms with van der Waals surface area (Å²) in [4.78, 5) is 11.5. The highest BCUT2D eigenvalue weighted by atomic mass is 79.9. The fourth-order valence-corrected chi connectivity index (χ4v) is 1.97. The normalized spacial score (nSPS) is 10.5. The minimum Gasteiger partial charge on any atom is -0.349 e. The van der Waals surface area contributed by atoms with E-state index in [1.54, 1.807) is 0 Å². The molecule has 88 valence electrons. The summed E-state index contributed by atoms with van der Waals surface area (Å²) in [6.07, 6.45) is 4.42. The lowest BCUT2D eigenvalue weighted by molar-refractivity contribution is 0.0988. The molecule has 0 aliphatic heterocycles. The number of Topliss-reactive ketones (excluding diaryl/α,β-unsaturated/α-hetero) is 1. The van der Waals surface area contributed by atoms with Crippen LogP contribution in [0.15, 0.2) is 47.2 Å². The van der Waals surface area contributed by atoms with Gasteiger partial charge < -0.3 is 4.57 Å². The van der Waals surface area contributed by atoms with E-state index < -0.39 is 0 Å². The number of rotatable bonds is 4. The van der Waals surface area contributed by atoms with Gasteiger partial charge >= 0.3 is 0 Å². The van der Waals surface area contributed by atoms with Crippen LogP contribution < -0.4 is 0 Å². The molecule has 0 unspecified atom stereocenters. The van der Waals surface area contributed by atoms with Gasteiger partial charge in [0, 0.05) is 35.4 Å². The van der Waals surface area contributed by atoms with Crippen LogP contribution in [0.25, 0.3) is 0 Å². The van der Waals surface area contributed by atoms with Gasteiger partial charge in [0.25, 0.3) is 0 Å². The zero-order valence-electron chi connectivity index (χ0n) is 9.69. The van der Waals surface area contributed by atoms with Gasteiger partial charge in [0.15, 0.2) is 5.78 Å². The molecule has 1 aromatic carbocycles. The highest BCUT2D eigenvalue weighted by molar-refractivity contribution is 9.10. The number of halogens is 1.